The van der Waals surface area contributed by atoms with Crippen LogP contribution >= 0.6 is 0 Å². The molecule has 20 heavy (non-hydrogen) atoms. The third kappa shape index (κ3) is 2.25. The van der Waals surface area contributed by atoms with E-state index in [9.17, 15) is 0 Å². The van der Waals surface area contributed by atoms with E-state index >= 15 is 0 Å². The molecule has 1 saturated heterocycles. The highest BCUT2D eigenvalue weighted by molar-refractivity contribution is 5.77. The van der Waals surface area contributed by atoms with Crippen LogP contribution in [0.3, 0.4) is 0 Å². The van der Waals surface area contributed by atoms with E-state index in [2.05, 4.69) is 30.9 Å². The second kappa shape index (κ2) is 5.58. The van der Waals surface area contributed by atoms with Crippen LogP contribution in [0.25, 0.3) is 11.0 Å². The third-order valence-corrected chi connectivity index (χ3v) is 4.68. The Morgan fingerprint density at radius 1 is 1.35 bits per heavy atom. The van der Waals surface area contributed by atoms with Crippen LogP contribution < -0.4 is 5.73 Å². The van der Waals surface area contributed by atoms with Gasteiger partial charge in [0, 0.05) is 24.0 Å². The van der Waals surface area contributed by atoms with Gasteiger partial charge in [0.1, 0.15) is 11.3 Å². The fraction of sp³-hybridized carbons (Fsp3) is 0.529. The normalized spacial score (nSPS) is 25.4. The fourth-order valence-electron chi connectivity index (χ4n) is 3.62. The Hall–Kier alpha value is -1.32. The van der Waals surface area contributed by atoms with Crippen molar-refractivity contribution < 1.29 is 4.42 Å². The minimum Gasteiger partial charge on any atom is -0.459 e. The molecular formula is C17H24N2O. The number of likely N-dealkylation sites (tertiary alicyclic amines) is 1. The van der Waals surface area contributed by atoms with Gasteiger partial charge >= 0.3 is 0 Å². The van der Waals surface area contributed by atoms with Crippen LogP contribution in [-0.2, 0) is 0 Å². The van der Waals surface area contributed by atoms with Crippen LogP contribution in [0.1, 0.15) is 44.9 Å². The molecule has 0 bridgehead atoms. The predicted molar refractivity (Wildman–Crippen MR) is 82.6 cm³/mol. The van der Waals surface area contributed by atoms with Gasteiger partial charge < -0.3 is 10.2 Å². The maximum Gasteiger partial charge on any atom is 0.134 e. The summed E-state index contributed by atoms with van der Waals surface area (Å²) in [5, 5.41) is 1.17. The Bertz CT molecular complexity index is 544. The average molecular weight is 272 g/mol. The van der Waals surface area contributed by atoms with Gasteiger partial charge in [0.2, 0.25) is 0 Å². The molecule has 1 fully saturated rings. The summed E-state index contributed by atoms with van der Waals surface area (Å²) in [6.07, 6.45) is 3.71. The molecule has 0 spiro atoms. The first-order chi connectivity index (χ1) is 9.74. The molecule has 1 aliphatic rings. The maximum atomic E-state index is 6.08. The minimum absolute atomic E-state index is 0.199. The molecule has 3 nitrogen and oxygen atoms in total. The molecule has 3 heteroatoms. The summed E-state index contributed by atoms with van der Waals surface area (Å²) in [5.41, 5.74) is 7.04. The summed E-state index contributed by atoms with van der Waals surface area (Å²) in [4.78, 5) is 2.57. The van der Waals surface area contributed by atoms with E-state index in [1.807, 2.05) is 18.2 Å². The van der Waals surface area contributed by atoms with Gasteiger partial charge in [-0.3, -0.25) is 4.90 Å². The first-order valence-electron chi connectivity index (χ1n) is 7.70. The van der Waals surface area contributed by atoms with Crippen molar-refractivity contribution in [1.29, 1.82) is 0 Å². The van der Waals surface area contributed by atoms with Crippen molar-refractivity contribution in [3.63, 3.8) is 0 Å². The van der Waals surface area contributed by atoms with Gasteiger partial charge in [-0.2, -0.15) is 0 Å². The Labute approximate surface area is 120 Å². The van der Waals surface area contributed by atoms with E-state index in [1.165, 1.54) is 24.6 Å². The second-order valence-corrected chi connectivity index (χ2v) is 5.87. The van der Waals surface area contributed by atoms with Crippen LogP contribution in [0, 0.1) is 0 Å². The highest BCUT2D eigenvalue weighted by Gasteiger charge is 2.36. The second-order valence-electron chi connectivity index (χ2n) is 5.87. The Kier molecular flexibility index (Phi) is 3.81. The summed E-state index contributed by atoms with van der Waals surface area (Å²) in [5.74, 6) is 1.01. The summed E-state index contributed by atoms with van der Waals surface area (Å²) < 4.78 is 6.05. The fourth-order valence-corrected chi connectivity index (χ4v) is 3.62. The van der Waals surface area contributed by atoms with Crippen molar-refractivity contribution in [3.05, 3.63) is 36.1 Å². The Morgan fingerprint density at radius 2 is 2.15 bits per heavy atom. The number of benzene rings is 1. The van der Waals surface area contributed by atoms with Crippen molar-refractivity contribution in [2.45, 2.75) is 51.2 Å². The maximum absolute atomic E-state index is 6.08. The van der Waals surface area contributed by atoms with Gasteiger partial charge in [-0.25, -0.2) is 0 Å². The summed E-state index contributed by atoms with van der Waals surface area (Å²) in [6, 6.07) is 11.8. The number of hydrogen-bond donors (Lipinski definition) is 1. The van der Waals surface area contributed by atoms with Crippen molar-refractivity contribution in [3.8, 4) is 0 Å². The van der Waals surface area contributed by atoms with Crippen LogP contribution in [0.4, 0.5) is 0 Å². The molecule has 108 valence electrons. The number of fused-ring (bicyclic) bond motifs is 1. The van der Waals surface area contributed by atoms with Gasteiger partial charge in [0.05, 0.1) is 6.04 Å². The molecule has 1 aromatic carbocycles. The molecule has 0 radical (unpaired) electrons. The van der Waals surface area contributed by atoms with E-state index in [1.54, 1.807) is 0 Å². The number of para-hydroxylation sites is 1. The van der Waals surface area contributed by atoms with Crippen LogP contribution in [0.2, 0.25) is 0 Å². The molecule has 2 heterocycles. The molecule has 0 aliphatic carbocycles. The largest absolute Gasteiger partial charge is 0.459 e. The van der Waals surface area contributed by atoms with E-state index in [0.717, 1.165) is 11.3 Å². The quantitative estimate of drug-likeness (QED) is 0.923. The molecule has 2 N–H and O–H groups in total. The predicted octanol–water partition coefficient (Wildman–Crippen LogP) is 3.70. The number of rotatable bonds is 4. The van der Waals surface area contributed by atoms with Crippen molar-refractivity contribution in [2.75, 3.05) is 6.54 Å². The lowest BCUT2D eigenvalue weighted by molar-refractivity contribution is 0.122. The smallest absolute Gasteiger partial charge is 0.134 e. The minimum atomic E-state index is 0.199. The standard InChI is InChI=1S/C17H24N2O/c1-3-14-9-8-12(2)19(14)15(11-18)17-10-13-6-4-5-7-16(13)20-17/h4-7,10,12,14-15H,3,8-9,11,18H2,1-2H3. The molecule has 3 atom stereocenters. The molecule has 0 saturated carbocycles. The van der Waals surface area contributed by atoms with Crippen LogP contribution in [0.15, 0.2) is 34.7 Å². The summed E-state index contributed by atoms with van der Waals surface area (Å²) in [6.45, 7) is 5.18. The Balaban J connectivity index is 1.96. The topological polar surface area (TPSA) is 42.4 Å². The zero-order valence-electron chi connectivity index (χ0n) is 12.4. The van der Waals surface area contributed by atoms with E-state index in [-0.39, 0.29) is 6.04 Å². The first-order valence-corrected chi connectivity index (χ1v) is 7.70. The lowest BCUT2D eigenvalue weighted by atomic mass is 10.1. The first kappa shape index (κ1) is 13.7. The van der Waals surface area contributed by atoms with Gasteiger partial charge in [0.15, 0.2) is 0 Å². The molecule has 3 unspecified atom stereocenters. The molecule has 3 rings (SSSR count). The average Bonchev–Trinajstić information content (AvgIpc) is 3.04. The van der Waals surface area contributed by atoms with Crippen LogP contribution in [-0.4, -0.2) is 23.5 Å². The molecule has 1 aromatic heterocycles. The SMILES string of the molecule is CCC1CCC(C)N1C(CN)c1cc2ccccc2o1. The number of nitrogens with zero attached hydrogens (tertiary/aromatic N) is 1. The molecule has 2 aromatic rings. The summed E-state index contributed by atoms with van der Waals surface area (Å²) >= 11 is 0. The lowest BCUT2D eigenvalue weighted by Crippen LogP contribution is -2.40. The zero-order valence-corrected chi connectivity index (χ0v) is 12.4. The van der Waals surface area contributed by atoms with E-state index in [0.29, 0.717) is 18.6 Å². The number of nitrogens with two attached hydrogens (primary N) is 1. The monoisotopic (exact) mass is 272 g/mol. The Morgan fingerprint density at radius 3 is 2.85 bits per heavy atom. The van der Waals surface area contributed by atoms with Gasteiger partial charge in [-0.1, -0.05) is 25.1 Å². The van der Waals surface area contributed by atoms with Gasteiger partial charge in [0.25, 0.3) is 0 Å². The van der Waals surface area contributed by atoms with E-state index in [4.69, 9.17) is 10.2 Å². The van der Waals surface area contributed by atoms with Crippen molar-refractivity contribution in [2.24, 2.45) is 5.73 Å². The lowest BCUT2D eigenvalue weighted by Gasteiger charge is -2.34. The van der Waals surface area contributed by atoms with Crippen molar-refractivity contribution >= 4 is 11.0 Å². The van der Waals surface area contributed by atoms with Gasteiger partial charge in [-0.05, 0) is 38.3 Å². The molecule has 1 aliphatic heterocycles. The highest BCUT2D eigenvalue weighted by Crippen LogP contribution is 2.36. The van der Waals surface area contributed by atoms with Crippen LogP contribution in [0.5, 0.6) is 0 Å². The number of hydrogen-bond acceptors (Lipinski definition) is 3. The van der Waals surface area contributed by atoms with E-state index < -0.39 is 0 Å². The molecular weight excluding hydrogens is 248 g/mol. The highest BCUT2D eigenvalue weighted by atomic mass is 16.3. The van der Waals surface area contributed by atoms with Gasteiger partial charge in [-0.15, -0.1) is 0 Å². The summed E-state index contributed by atoms with van der Waals surface area (Å²) in [7, 11) is 0. The molecule has 0 amide bonds. The zero-order chi connectivity index (χ0) is 14.1. The van der Waals surface area contributed by atoms with Crippen molar-refractivity contribution in [1.82, 2.24) is 4.90 Å². The third-order valence-electron chi connectivity index (χ3n) is 4.68. The number of furan rings is 1.